The second-order valence-electron chi connectivity index (χ2n) is 4.28. The number of likely N-dealkylation sites (tertiary alicyclic amines) is 1. The highest BCUT2D eigenvalue weighted by Crippen LogP contribution is 2.27. The maximum Gasteiger partial charge on any atom is 0.0866 e. The summed E-state index contributed by atoms with van der Waals surface area (Å²) in [6.07, 6.45) is 0.983. The van der Waals surface area contributed by atoms with Gasteiger partial charge in [0.05, 0.1) is 13.2 Å². The van der Waals surface area contributed by atoms with E-state index in [2.05, 4.69) is 37.5 Å². The number of alkyl halides is 1. The molecule has 0 amide bonds. The Hall–Kier alpha value is 0.180. The van der Waals surface area contributed by atoms with Gasteiger partial charge in [-0.1, -0.05) is 26.7 Å². The molecule has 0 aromatic heterocycles. The zero-order chi connectivity index (χ0) is 11.0. The fourth-order valence-corrected chi connectivity index (χ4v) is 1.57. The highest BCUT2D eigenvalue weighted by molar-refractivity contribution is 14.0. The highest BCUT2D eigenvalue weighted by atomic mass is 127. The predicted octanol–water partition coefficient (Wildman–Crippen LogP) is 3.34. The Labute approximate surface area is 111 Å². The smallest absolute Gasteiger partial charge is 0.0866 e. The van der Waals surface area contributed by atoms with Gasteiger partial charge >= 0.3 is 0 Å². The largest absolute Gasteiger partial charge is 0.291 e. The third-order valence-electron chi connectivity index (χ3n) is 1.91. The molecule has 0 bridgehead atoms. The monoisotopic (exact) mass is 327 g/mol. The van der Waals surface area contributed by atoms with Gasteiger partial charge in [-0.2, -0.15) is 0 Å². The molecule has 0 radical (unpaired) electrons. The van der Waals surface area contributed by atoms with E-state index in [1.54, 1.807) is 0 Å². The van der Waals surface area contributed by atoms with Crippen molar-refractivity contribution in [2.45, 2.75) is 34.1 Å². The third-order valence-corrected chi connectivity index (χ3v) is 1.91. The summed E-state index contributed by atoms with van der Waals surface area (Å²) in [5.74, 6) is 6.23. The number of halogens is 2. The van der Waals surface area contributed by atoms with Crippen LogP contribution in [0.2, 0.25) is 0 Å². The Balaban J connectivity index is 0. The summed E-state index contributed by atoms with van der Waals surface area (Å²) in [5, 5.41) is 0. The molecule has 1 heterocycles. The van der Waals surface area contributed by atoms with Gasteiger partial charge in [-0.25, -0.2) is 0 Å². The average molecular weight is 327 g/mol. The van der Waals surface area contributed by atoms with Gasteiger partial charge in [-0.05, 0) is 12.3 Å². The SMILES string of the molecule is CCC#CCN1CC(C)(C)C1.CCF.I. The summed E-state index contributed by atoms with van der Waals surface area (Å²) >= 11 is 0. The minimum Gasteiger partial charge on any atom is -0.291 e. The highest BCUT2D eigenvalue weighted by Gasteiger charge is 2.32. The van der Waals surface area contributed by atoms with Crippen molar-refractivity contribution in [2.75, 3.05) is 26.3 Å². The van der Waals surface area contributed by atoms with E-state index in [1.165, 1.54) is 20.0 Å². The van der Waals surface area contributed by atoms with Crippen LogP contribution in [0.5, 0.6) is 0 Å². The second-order valence-corrected chi connectivity index (χ2v) is 4.28. The molecule has 0 unspecified atom stereocenters. The number of hydrogen-bond donors (Lipinski definition) is 0. The van der Waals surface area contributed by atoms with Crippen LogP contribution in [0, 0.1) is 17.3 Å². The van der Waals surface area contributed by atoms with E-state index in [0.29, 0.717) is 5.41 Å². The van der Waals surface area contributed by atoms with Crippen molar-refractivity contribution in [3.8, 4) is 11.8 Å². The van der Waals surface area contributed by atoms with Gasteiger partial charge in [0.25, 0.3) is 0 Å². The van der Waals surface area contributed by atoms with Crippen molar-refractivity contribution in [1.82, 2.24) is 4.90 Å². The molecule has 1 rings (SSSR count). The van der Waals surface area contributed by atoms with Crippen LogP contribution >= 0.6 is 24.0 Å². The van der Waals surface area contributed by atoms with Crippen LogP contribution in [0.15, 0.2) is 0 Å². The number of rotatable bonds is 1. The van der Waals surface area contributed by atoms with E-state index < -0.39 is 0 Å². The summed E-state index contributed by atoms with van der Waals surface area (Å²) in [7, 11) is 0. The predicted molar refractivity (Wildman–Crippen MR) is 75.4 cm³/mol. The standard InChI is InChI=1S/C10H17N.C2H5F.HI/c1-4-5-6-7-11-8-10(2,3)9-11;1-2-3;/h4,7-9H2,1-3H3;2H2,1H3;1H. The van der Waals surface area contributed by atoms with Crippen LogP contribution in [0.3, 0.4) is 0 Å². The van der Waals surface area contributed by atoms with E-state index in [1.807, 2.05) is 0 Å². The molecule has 1 aliphatic rings. The molecule has 3 heteroatoms. The first-order valence-corrected chi connectivity index (χ1v) is 5.29. The van der Waals surface area contributed by atoms with E-state index in [0.717, 1.165) is 13.0 Å². The minimum atomic E-state index is -0.250. The van der Waals surface area contributed by atoms with Crippen LogP contribution in [0.25, 0.3) is 0 Å². The van der Waals surface area contributed by atoms with E-state index in [9.17, 15) is 4.39 Å². The second kappa shape index (κ2) is 9.41. The van der Waals surface area contributed by atoms with Gasteiger partial charge in [0.1, 0.15) is 0 Å². The van der Waals surface area contributed by atoms with Gasteiger partial charge in [0.15, 0.2) is 0 Å². The van der Waals surface area contributed by atoms with Crippen molar-refractivity contribution in [3.63, 3.8) is 0 Å². The molecule has 1 fully saturated rings. The minimum absolute atomic E-state index is 0. The Morgan fingerprint density at radius 2 is 1.67 bits per heavy atom. The average Bonchev–Trinajstić information content (AvgIpc) is 2.03. The Bertz CT molecular complexity index is 197. The molecule has 1 saturated heterocycles. The Morgan fingerprint density at radius 1 is 1.20 bits per heavy atom. The van der Waals surface area contributed by atoms with Gasteiger partial charge in [-0.15, -0.1) is 29.9 Å². The zero-order valence-electron chi connectivity index (χ0n) is 10.3. The molecule has 0 aromatic carbocycles. The molecule has 1 aliphatic heterocycles. The van der Waals surface area contributed by atoms with Crippen molar-refractivity contribution in [3.05, 3.63) is 0 Å². The number of hydrogen-bond acceptors (Lipinski definition) is 1. The maximum atomic E-state index is 10.3. The first kappa shape index (κ1) is 17.6. The lowest BCUT2D eigenvalue weighted by Gasteiger charge is -2.44. The van der Waals surface area contributed by atoms with Crippen LogP contribution in [0.4, 0.5) is 4.39 Å². The molecular formula is C12H23FIN. The van der Waals surface area contributed by atoms with Gasteiger partial charge in [0, 0.05) is 19.5 Å². The van der Waals surface area contributed by atoms with Crippen molar-refractivity contribution in [1.29, 1.82) is 0 Å². The number of nitrogens with zero attached hydrogens (tertiary/aromatic N) is 1. The fourth-order valence-electron chi connectivity index (χ4n) is 1.57. The van der Waals surface area contributed by atoms with Crippen molar-refractivity contribution >= 4 is 24.0 Å². The van der Waals surface area contributed by atoms with Crippen LogP contribution in [0.1, 0.15) is 34.1 Å². The van der Waals surface area contributed by atoms with E-state index >= 15 is 0 Å². The fraction of sp³-hybridized carbons (Fsp3) is 0.833. The van der Waals surface area contributed by atoms with Gasteiger partial charge in [-0.3, -0.25) is 9.29 Å². The van der Waals surface area contributed by atoms with Gasteiger partial charge < -0.3 is 0 Å². The molecule has 90 valence electrons. The molecule has 1 nitrogen and oxygen atoms in total. The van der Waals surface area contributed by atoms with Gasteiger partial charge in [0.2, 0.25) is 0 Å². The summed E-state index contributed by atoms with van der Waals surface area (Å²) in [6, 6.07) is 0. The topological polar surface area (TPSA) is 3.24 Å². The molecular weight excluding hydrogens is 304 g/mol. The first-order valence-electron chi connectivity index (χ1n) is 5.29. The summed E-state index contributed by atoms with van der Waals surface area (Å²) in [4.78, 5) is 2.39. The summed E-state index contributed by atoms with van der Waals surface area (Å²) in [6.45, 7) is 11.3. The molecule has 0 aromatic rings. The van der Waals surface area contributed by atoms with Crippen LogP contribution in [-0.2, 0) is 0 Å². The first-order chi connectivity index (χ1) is 6.55. The molecule has 0 N–H and O–H groups in total. The molecule has 0 spiro atoms. The van der Waals surface area contributed by atoms with Crippen molar-refractivity contribution in [2.24, 2.45) is 5.41 Å². The lowest BCUT2D eigenvalue weighted by atomic mass is 9.84. The lowest BCUT2D eigenvalue weighted by molar-refractivity contribution is 0.0443. The summed E-state index contributed by atoms with van der Waals surface area (Å²) < 4.78 is 10.3. The van der Waals surface area contributed by atoms with E-state index in [-0.39, 0.29) is 30.7 Å². The molecule has 15 heavy (non-hydrogen) atoms. The zero-order valence-corrected chi connectivity index (χ0v) is 12.6. The molecule has 0 aliphatic carbocycles. The van der Waals surface area contributed by atoms with E-state index in [4.69, 9.17) is 0 Å². The molecule has 0 saturated carbocycles. The molecule has 0 atom stereocenters. The Kier molecular flexibility index (Phi) is 11.0. The quantitative estimate of drug-likeness (QED) is 0.527. The van der Waals surface area contributed by atoms with Crippen LogP contribution in [-0.4, -0.2) is 31.2 Å². The van der Waals surface area contributed by atoms with Crippen molar-refractivity contribution < 1.29 is 4.39 Å². The summed E-state index contributed by atoms with van der Waals surface area (Å²) in [5.41, 5.74) is 0.549. The lowest BCUT2D eigenvalue weighted by Crippen LogP contribution is -2.52. The Morgan fingerprint density at radius 3 is 2.00 bits per heavy atom. The third kappa shape index (κ3) is 9.13. The van der Waals surface area contributed by atoms with Crippen LogP contribution < -0.4 is 0 Å². The maximum absolute atomic E-state index is 10.3. The normalized spacial score (nSPS) is 17.1.